The molecule has 14 heavy (non-hydrogen) atoms. The molecule has 4 nitrogen and oxygen atoms in total. The highest BCUT2D eigenvalue weighted by Gasteiger charge is 2.31. The van der Waals surface area contributed by atoms with Gasteiger partial charge in [0.25, 0.3) is 0 Å². The number of hydrogen-bond donors (Lipinski definition) is 1. The molecule has 2 N–H and O–H groups in total. The lowest BCUT2D eigenvalue weighted by Crippen LogP contribution is -2.42. The van der Waals surface area contributed by atoms with Crippen LogP contribution in [0.3, 0.4) is 0 Å². The molecule has 0 aromatic carbocycles. The maximum atomic E-state index is 11.1. The molecule has 1 fully saturated rings. The van der Waals surface area contributed by atoms with Crippen LogP contribution in [0.25, 0.3) is 0 Å². The highest BCUT2D eigenvalue weighted by atomic mass is 16.7. The second-order valence-corrected chi connectivity index (χ2v) is 4.27. The van der Waals surface area contributed by atoms with Crippen LogP contribution in [-0.2, 0) is 9.47 Å². The third-order valence-electron chi connectivity index (χ3n) is 2.41. The third-order valence-corrected chi connectivity index (χ3v) is 2.41. The van der Waals surface area contributed by atoms with Crippen LogP contribution < -0.4 is 5.73 Å². The Morgan fingerprint density at radius 3 is 2.50 bits per heavy atom. The minimum atomic E-state index is -0.614. The fourth-order valence-electron chi connectivity index (χ4n) is 1.65. The SMILES string of the molecule is CC(C)OC(=O)OCC1(N)CCCC1. The lowest BCUT2D eigenvalue weighted by Gasteiger charge is -2.22. The van der Waals surface area contributed by atoms with Crippen molar-refractivity contribution in [3.63, 3.8) is 0 Å². The van der Waals surface area contributed by atoms with Crippen LogP contribution >= 0.6 is 0 Å². The molecular weight excluding hydrogens is 182 g/mol. The van der Waals surface area contributed by atoms with E-state index in [2.05, 4.69) is 0 Å². The lowest BCUT2D eigenvalue weighted by atomic mass is 10.0. The van der Waals surface area contributed by atoms with Gasteiger partial charge in [-0.15, -0.1) is 0 Å². The molecule has 0 heterocycles. The van der Waals surface area contributed by atoms with Crippen molar-refractivity contribution in [2.75, 3.05) is 6.61 Å². The monoisotopic (exact) mass is 201 g/mol. The van der Waals surface area contributed by atoms with Crippen molar-refractivity contribution < 1.29 is 14.3 Å². The lowest BCUT2D eigenvalue weighted by molar-refractivity contribution is 0.0219. The van der Waals surface area contributed by atoms with Crippen LogP contribution in [0, 0.1) is 0 Å². The quantitative estimate of drug-likeness (QED) is 0.707. The van der Waals surface area contributed by atoms with Crippen molar-refractivity contribution in [1.82, 2.24) is 0 Å². The first kappa shape index (κ1) is 11.3. The van der Waals surface area contributed by atoms with Crippen molar-refractivity contribution in [3.8, 4) is 0 Å². The van der Waals surface area contributed by atoms with Gasteiger partial charge in [-0.2, -0.15) is 0 Å². The Bertz CT molecular complexity index is 198. The van der Waals surface area contributed by atoms with E-state index in [-0.39, 0.29) is 18.2 Å². The summed E-state index contributed by atoms with van der Waals surface area (Å²) in [5.74, 6) is 0. The first-order chi connectivity index (χ1) is 6.52. The molecule has 0 radical (unpaired) electrons. The Morgan fingerprint density at radius 2 is 2.00 bits per heavy atom. The summed E-state index contributed by atoms with van der Waals surface area (Å²) in [7, 11) is 0. The van der Waals surface area contributed by atoms with Gasteiger partial charge >= 0.3 is 6.16 Å². The summed E-state index contributed by atoms with van der Waals surface area (Å²) >= 11 is 0. The van der Waals surface area contributed by atoms with Crippen LogP contribution in [0.4, 0.5) is 4.79 Å². The molecule has 0 spiro atoms. The number of hydrogen-bond acceptors (Lipinski definition) is 4. The fourth-order valence-corrected chi connectivity index (χ4v) is 1.65. The molecule has 0 bridgehead atoms. The average Bonchev–Trinajstić information content (AvgIpc) is 2.49. The van der Waals surface area contributed by atoms with E-state index in [9.17, 15) is 4.79 Å². The van der Waals surface area contributed by atoms with Gasteiger partial charge in [-0.1, -0.05) is 12.8 Å². The summed E-state index contributed by atoms with van der Waals surface area (Å²) < 4.78 is 9.79. The molecule has 82 valence electrons. The molecule has 4 heteroatoms. The predicted octanol–water partition coefficient (Wildman–Crippen LogP) is 1.82. The maximum Gasteiger partial charge on any atom is 0.508 e. The molecule has 0 saturated heterocycles. The Hall–Kier alpha value is -0.770. The molecule has 0 aliphatic heterocycles. The van der Waals surface area contributed by atoms with Gasteiger partial charge in [0, 0.05) is 0 Å². The zero-order chi connectivity index (χ0) is 10.6. The normalized spacial score (nSPS) is 19.7. The Labute approximate surface area is 84.7 Å². The molecular formula is C10H19NO3. The van der Waals surface area contributed by atoms with E-state index in [4.69, 9.17) is 15.2 Å². The Kier molecular flexibility index (Phi) is 3.75. The molecule has 1 saturated carbocycles. The van der Waals surface area contributed by atoms with Crippen molar-refractivity contribution in [3.05, 3.63) is 0 Å². The van der Waals surface area contributed by atoms with Crippen LogP contribution in [0.2, 0.25) is 0 Å². The molecule has 1 aliphatic rings. The second kappa shape index (κ2) is 4.64. The molecule has 0 aromatic heterocycles. The minimum absolute atomic E-state index is 0.139. The summed E-state index contributed by atoms with van der Waals surface area (Å²) in [6.07, 6.45) is 3.36. The fraction of sp³-hybridized carbons (Fsp3) is 0.900. The van der Waals surface area contributed by atoms with Crippen molar-refractivity contribution in [2.24, 2.45) is 5.73 Å². The van der Waals surface area contributed by atoms with E-state index < -0.39 is 6.16 Å². The highest BCUT2D eigenvalue weighted by molar-refractivity contribution is 5.60. The van der Waals surface area contributed by atoms with Gasteiger partial charge in [0.15, 0.2) is 0 Å². The van der Waals surface area contributed by atoms with Gasteiger partial charge in [-0.3, -0.25) is 0 Å². The number of nitrogens with two attached hydrogens (primary N) is 1. The summed E-state index contributed by atoms with van der Waals surface area (Å²) in [5.41, 5.74) is 5.70. The standard InChI is InChI=1S/C10H19NO3/c1-8(2)14-9(12)13-7-10(11)5-3-4-6-10/h8H,3-7,11H2,1-2H3. The van der Waals surface area contributed by atoms with Gasteiger partial charge in [-0.25, -0.2) is 4.79 Å². The highest BCUT2D eigenvalue weighted by Crippen LogP contribution is 2.27. The van der Waals surface area contributed by atoms with Gasteiger partial charge < -0.3 is 15.2 Å². The van der Waals surface area contributed by atoms with E-state index in [0.717, 1.165) is 25.7 Å². The van der Waals surface area contributed by atoms with E-state index in [1.807, 2.05) is 0 Å². The molecule has 1 aliphatic carbocycles. The topological polar surface area (TPSA) is 61.5 Å². The summed E-state index contributed by atoms with van der Waals surface area (Å²) in [6.45, 7) is 3.85. The van der Waals surface area contributed by atoms with Crippen LogP contribution in [-0.4, -0.2) is 24.4 Å². The van der Waals surface area contributed by atoms with Crippen LogP contribution in [0.1, 0.15) is 39.5 Å². The molecule has 0 unspecified atom stereocenters. The predicted molar refractivity (Wildman–Crippen MR) is 53.0 cm³/mol. The molecule has 1 rings (SSSR count). The first-order valence-corrected chi connectivity index (χ1v) is 5.14. The van der Waals surface area contributed by atoms with Gasteiger partial charge in [0.2, 0.25) is 0 Å². The zero-order valence-electron chi connectivity index (χ0n) is 8.91. The average molecular weight is 201 g/mol. The minimum Gasteiger partial charge on any atom is -0.432 e. The van der Waals surface area contributed by atoms with Crippen LogP contribution in [0.5, 0.6) is 0 Å². The van der Waals surface area contributed by atoms with Gasteiger partial charge in [0.05, 0.1) is 11.6 Å². The van der Waals surface area contributed by atoms with E-state index in [1.165, 1.54) is 0 Å². The summed E-state index contributed by atoms with van der Waals surface area (Å²) in [5, 5.41) is 0. The summed E-state index contributed by atoms with van der Waals surface area (Å²) in [4.78, 5) is 11.1. The molecule has 0 aromatic rings. The van der Waals surface area contributed by atoms with Gasteiger partial charge in [-0.05, 0) is 26.7 Å². The smallest absolute Gasteiger partial charge is 0.432 e. The largest absolute Gasteiger partial charge is 0.508 e. The van der Waals surface area contributed by atoms with E-state index in [0.29, 0.717) is 0 Å². The summed E-state index contributed by atoms with van der Waals surface area (Å²) in [6, 6.07) is 0. The van der Waals surface area contributed by atoms with Crippen molar-refractivity contribution >= 4 is 6.16 Å². The maximum absolute atomic E-state index is 11.1. The van der Waals surface area contributed by atoms with Crippen molar-refractivity contribution in [1.29, 1.82) is 0 Å². The zero-order valence-corrected chi connectivity index (χ0v) is 8.91. The number of carbonyl (C=O) groups is 1. The van der Waals surface area contributed by atoms with E-state index >= 15 is 0 Å². The van der Waals surface area contributed by atoms with Crippen molar-refractivity contribution in [2.45, 2.75) is 51.2 Å². The Morgan fingerprint density at radius 1 is 1.43 bits per heavy atom. The van der Waals surface area contributed by atoms with E-state index in [1.54, 1.807) is 13.8 Å². The number of ether oxygens (including phenoxy) is 2. The Balaban J connectivity index is 2.22. The molecule has 0 amide bonds. The second-order valence-electron chi connectivity index (χ2n) is 4.27. The number of carbonyl (C=O) groups excluding carboxylic acids is 1. The number of rotatable bonds is 3. The third kappa shape index (κ3) is 3.54. The van der Waals surface area contributed by atoms with Gasteiger partial charge in [0.1, 0.15) is 6.61 Å². The molecule has 0 atom stereocenters. The van der Waals surface area contributed by atoms with Crippen LogP contribution in [0.15, 0.2) is 0 Å². The first-order valence-electron chi connectivity index (χ1n) is 5.14.